The summed E-state index contributed by atoms with van der Waals surface area (Å²) in [7, 11) is 3.26. The number of nitrogens with zero attached hydrogens (tertiary/aromatic N) is 3. The molecule has 2 aromatic carbocycles. The van der Waals surface area contributed by atoms with E-state index < -0.39 is 0 Å². The summed E-state index contributed by atoms with van der Waals surface area (Å²) in [6.45, 7) is 4.87. The number of hydrogen-bond donors (Lipinski definition) is 0. The first-order valence-corrected chi connectivity index (χ1v) is 10.1. The summed E-state index contributed by atoms with van der Waals surface area (Å²) in [6.07, 6.45) is 0. The molecule has 1 aromatic heterocycles. The first-order valence-electron chi connectivity index (χ1n) is 9.23. The molecular weight excluding hydrogens is 374 g/mol. The number of methoxy groups -OCH3 is 2. The van der Waals surface area contributed by atoms with Crippen molar-refractivity contribution in [3.05, 3.63) is 47.5 Å². The molecule has 1 aliphatic heterocycles. The summed E-state index contributed by atoms with van der Waals surface area (Å²) in [4.78, 5) is 21.8. The van der Waals surface area contributed by atoms with Gasteiger partial charge in [0.25, 0.3) is 5.91 Å². The van der Waals surface area contributed by atoms with E-state index in [9.17, 15) is 4.79 Å². The summed E-state index contributed by atoms with van der Waals surface area (Å²) in [5.41, 5.74) is 2.62. The van der Waals surface area contributed by atoms with Gasteiger partial charge in [0.05, 0.1) is 18.9 Å². The van der Waals surface area contributed by atoms with Crippen LogP contribution in [0.15, 0.2) is 36.4 Å². The molecule has 0 atom stereocenters. The third-order valence-electron chi connectivity index (χ3n) is 5.10. The molecule has 3 aromatic rings. The van der Waals surface area contributed by atoms with Crippen LogP contribution in [0.5, 0.6) is 11.5 Å². The lowest BCUT2D eigenvalue weighted by Crippen LogP contribution is -2.48. The number of rotatable bonds is 4. The number of benzene rings is 2. The van der Waals surface area contributed by atoms with Crippen molar-refractivity contribution >= 4 is 32.6 Å². The molecule has 0 spiro atoms. The van der Waals surface area contributed by atoms with Crippen LogP contribution < -0.4 is 14.4 Å². The smallest absolute Gasteiger partial charge is 0.254 e. The minimum Gasteiger partial charge on any atom is -0.493 e. The molecule has 0 N–H and O–H groups in total. The zero-order valence-corrected chi connectivity index (χ0v) is 17.1. The predicted molar refractivity (Wildman–Crippen MR) is 112 cm³/mol. The molecule has 7 heteroatoms. The second-order valence-electron chi connectivity index (χ2n) is 6.74. The fraction of sp³-hybridized carbons (Fsp3) is 0.333. The molecule has 0 radical (unpaired) electrons. The van der Waals surface area contributed by atoms with Gasteiger partial charge < -0.3 is 19.3 Å². The highest BCUT2D eigenvalue weighted by molar-refractivity contribution is 7.22. The lowest BCUT2D eigenvalue weighted by molar-refractivity contribution is 0.0746. The lowest BCUT2D eigenvalue weighted by Gasteiger charge is -2.34. The van der Waals surface area contributed by atoms with Crippen LogP contribution in [0.25, 0.3) is 10.2 Å². The van der Waals surface area contributed by atoms with Crippen LogP contribution in [-0.4, -0.2) is 56.2 Å². The van der Waals surface area contributed by atoms with E-state index in [0.29, 0.717) is 24.6 Å². The molecule has 0 unspecified atom stereocenters. The number of aryl methyl sites for hydroxylation is 1. The Hall–Kier alpha value is -2.80. The second-order valence-corrected chi connectivity index (χ2v) is 7.75. The molecule has 146 valence electrons. The quantitative estimate of drug-likeness (QED) is 0.674. The van der Waals surface area contributed by atoms with Crippen LogP contribution in [0.4, 0.5) is 5.13 Å². The summed E-state index contributed by atoms with van der Waals surface area (Å²) in [5, 5.41) is 0.949. The zero-order chi connectivity index (χ0) is 19.7. The van der Waals surface area contributed by atoms with E-state index in [1.807, 2.05) is 48.2 Å². The number of fused-ring (bicyclic) bond motifs is 1. The van der Waals surface area contributed by atoms with E-state index in [1.165, 1.54) is 0 Å². The molecule has 1 fully saturated rings. The molecule has 28 heavy (non-hydrogen) atoms. The monoisotopic (exact) mass is 397 g/mol. The molecule has 6 nitrogen and oxygen atoms in total. The maximum Gasteiger partial charge on any atom is 0.254 e. The van der Waals surface area contributed by atoms with Gasteiger partial charge in [-0.3, -0.25) is 4.79 Å². The predicted octanol–water partition coefficient (Wildman–Crippen LogP) is 3.58. The van der Waals surface area contributed by atoms with Gasteiger partial charge >= 0.3 is 0 Å². The van der Waals surface area contributed by atoms with Crippen LogP contribution in [0.1, 0.15) is 15.9 Å². The highest BCUT2D eigenvalue weighted by atomic mass is 32.1. The van der Waals surface area contributed by atoms with Gasteiger partial charge in [-0.05, 0) is 30.7 Å². The van der Waals surface area contributed by atoms with Gasteiger partial charge in [0.2, 0.25) is 0 Å². The standard InChI is InChI=1S/C21H23N3O3S/c1-14-6-4-5-7-15(14)20(25)23-10-12-24(13-11-23)21-22-18-17(28-21)9-8-16(26-2)19(18)27-3/h4-9H,10-13H2,1-3H3. The Balaban J connectivity index is 1.51. The van der Waals surface area contributed by atoms with Crippen molar-refractivity contribution in [1.82, 2.24) is 9.88 Å². The van der Waals surface area contributed by atoms with Gasteiger partial charge in [-0.25, -0.2) is 4.98 Å². The zero-order valence-electron chi connectivity index (χ0n) is 16.3. The molecule has 1 amide bonds. The maximum atomic E-state index is 12.8. The normalized spacial score (nSPS) is 14.4. The van der Waals surface area contributed by atoms with Crippen LogP contribution >= 0.6 is 11.3 Å². The Bertz CT molecular complexity index is 1010. The van der Waals surface area contributed by atoms with Gasteiger partial charge in [-0.1, -0.05) is 29.5 Å². The third kappa shape index (κ3) is 3.26. The summed E-state index contributed by atoms with van der Waals surface area (Å²) >= 11 is 1.64. The van der Waals surface area contributed by atoms with E-state index in [0.717, 1.165) is 39.6 Å². The number of carbonyl (C=O) groups is 1. The van der Waals surface area contributed by atoms with Gasteiger partial charge in [0.1, 0.15) is 5.52 Å². The van der Waals surface area contributed by atoms with Gasteiger partial charge in [-0.2, -0.15) is 0 Å². The van der Waals surface area contributed by atoms with Gasteiger partial charge in [0, 0.05) is 31.7 Å². The van der Waals surface area contributed by atoms with E-state index in [1.54, 1.807) is 25.6 Å². The number of thiazole rings is 1. The summed E-state index contributed by atoms with van der Waals surface area (Å²) in [6, 6.07) is 11.7. The molecule has 1 saturated heterocycles. The number of amides is 1. The molecule has 0 saturated carbocycles. The first kappa shape index (κ1) is 18.6. The minimum atomic E-state index is 0.105. The van der Waals surface area contributed by atoms with Crippen LogP contribution in [0, 0.1) is 6.92 Å². The van der Waals surface area contributed by atoms with Crippen LogP contribution in [0.2, 0.25) is 0 Å². The lowest BCUT2D eigenvalue weighted by atomic mass is 10.1. The number of ether oxygens (including phenoxy) is 2. The Morgan fingerprint density at radius 1 is 1.04 bits per heavy atom. The van der Waals surface area contributed by atoms with Crippen molar-refractivity contribution < 1.29 is 14.3 Å². The second kappa shape index (κ2) is 7.67. The van der Waals surface area contributed by atoms with E-state index in [4.69, 9.17) is 14.5 Å². The highest BCUT2D eigenvalue weighted by Gasteiger charge is 2.25. The van der Waals surface area contributed by atoms with E-state index >= 15 is 0 Å². The average Bonchev–Trinajstić information content (AvgIpc) is 3.17. The van der Waals surface area contributed by atoms with Crippen molar-refractivity contribution in [2.45, 2.75) is 6.92 Å². The minimum absolute atomic E-state index is 0.105. The average molecular weight is 398 g/mol. The van der Waals surface area contributed by atoms with Crippen molar-refractivity contribution in [2.24, 2.45) is 0 Å². The number of hydrogen-bond acceptors (Lipinski definition) is 6. The molecular formula is C21H23N3O3S. The Morgan fingerprint density at radius 3 is 2.46 bits per heavy atom. The highest BCUT2D eigenvalue weighted by Crippen LogP contribution is 2.40. The topological polar surface area (TPSA) is 54.9 Å². The Kier molecular flexibility index (Phi) is 5.09. The van der Waals surface area contributed by atoms with Crippen LogP contribution in [0.3, 0.4) is 0 Å². The van der Waals surface area contributed by atoms with Crippen molar-refractivity contribution in [3.8, 4) is 11.5 Å². The maximum absolute atomic E-state index is 12.8. The molecule has 0 aliphatic carbocycles. The largest absolute Gasteiger partial charge is 0.493 e. The molecule has 1 aliphatic rings. The number of anilines is 1. The van der Waals surface area contributed by atoms with Crippen molar-refractivity contribution in [2.75, 3.05) is 45.3 Å². The molecule has 4 rings (SSSR count). The van der Waals surface area contributed by atoms with Crippen molar-refractivity contribution in [1.29, 1.82) is 0 Å². The fourth-order valence-electron chi connectivity index (χ4n) is 3.52. The van der Waals surface area contributed by atoms with Gasteiger partial charge in [-0.15, -0.1) is 0 Å². The summed E-state index contributed by atoms with van der Waals surface area (Å²) in [5.74, 6) is 1.45. The molecule has 0 bridgehead atoms. The Labute approximate surface area is 168 Å². The fourth-order valence-corrected chi connectivity index (χ4v) is 4.53. The van der Waals surface area contributed by atoms with E-state index in [2.05, 4.69) is 4.90 Å². The Morgan fingerprint density at radius 2 is 1.79 bits per heavy atom. The number of aromatic nitrogens is 1. The first-order chi connectivity index (χ1) is 13.6. The third-order valence-corrected chi connectivity index (χ3v) is 6.19. The summed E-state index contributed by atoms with van der Waals surface area (Å²) < 4.78 is 11.9. The van der Waals surface area contributed by atoms with Gasteiger partial charge in [0.15, 0.2) is 16.6 Å². The van der Waals surface area contributed by atoms with Crippen LogP contribution in [-0.2, 0) is 0 Å². The number of piperazine rings is 1. The number of carbonyl (C=O) groups excluding carboxylic acids is 1. The van der Waals surface area contributed by atoms with Crippen molar-refractivity contribution in [3.63, 3.8) is 0 Å². The SMILES string of the molecule is COc1ccc2sc(N3CCN(C(=O)c4ccccc4C)CC3)nc2c1OC. The molecule has 2 heterocycles. The van der Waals surface area contributed by atoms with E-state index in [-0.39, 0.29) is 5.91 Å².